The monoisotopic (exact) mass is 497 g/mol. The first-order chi connectivity index (χ1) is 17.9. The van der Waals surface area contributed by atoms with Gasteiger partial charge >= 0.3 is 0 Å². The van der Waals surface area contributed by atoms with Crippen LogP contribution in [0.25, 0.3) is 11.3 Å². The van der Waals surface area contributed by atoms with Crippen molar-refractivity contribution in [2.75, 3.05) is 18.9 Å². The molecule has 1 atom stereocenters. The Labute approximate surface area is 217 Å². The first kappa shape index (κ1) is 24.7. The summed E-state index contributed by atoms with van der Waals surface area (Å²) in [5.74, 6) is 1.47. The Kier molecular flexibility index (Phi) is 7.06. The van der Waals surface area contributed by atoms with Gasteiger partial charge in [0.05, 0.1) is 12.6 Å². The number of hydrogen-bond donors (Lipinski definition) is 1. The van der Waals surface area contributed by atoms with Gasteiger partial charge in [-0.1, -0.05) is 48.0 Å². The van der Waals surface area contributed by atoms with E-state index < -0.39 is 0 Å². The number of nitrogens with zero attached hydrogens (tertiary/aromatic N) is 4. The third-order valence-corrected chi connectivity index (χ3v) is 7.01. The van der Waals surface area contributed by atoms with Crippen LogP contribution in [0.1, 0.15) is 23.9 Å². The molecule has 6 nitrogen and oxygen atoms in total. The Morgan fingerprint density at radius 2 is 1.73 bits per heavy atom. The molecule has 1 N–H and O–H groups in total. The number of likely N-dealkylation sites (N-methyl/N-ethyl adjacent to an activating group) is 1. The summed E-state index contributed by atoms with van der Waals surface area (Å²) < 4.78 is 15.8. The lowest BCUT2D eigenvalue weighted by atomic mass is 10.1. The van der Waals surface area contributed by atoms with Gasteiger partial charge < -0.3 is 14.8 Å². The highest BCUT2D eigenvalue weighted by atomic mass is 19.1. The molecule has 37 heavy (non-hydrogen) atoms. The molecule has 0 saturated carbocycles. The number of nitrogens with one attached hydrogen (secondary N) is 1. The molecule has 1 unspecified atom stereocenters. The summed E-state index contributed by atoms with van der Waals surface area (Å²) in [7, 11) is 1.98. The SMILES string of the molecule is Cc1ccc(Nc2c(-c3ccc(F)cc3)nc3n2CCN(C(=O)C(C)N(C)Cc2ccccc2)C3)cc1. The van der Waals surface area contributed by atoms with Crippen molar-refractivity contribution in [1.82, 2.24) is 19.4 Å². The number of aromatic nitrogens is 2. The normalized spacial score (nSPS) is 13.9. The molecule has 4 aromatic rings. The number of hydrogen-bond acceptors (Lipinski definition) is 4. The summed E-state index contributed by atoms with van der Waals surface area (Å²) in [6, 6.07) is 24.5. The number of fused-ring (bicyclic) bond motifs is 1. The molecule has 1 aliphatic heterocycles. The number of halogens is 1. The van der Waals surface area contributed by atoms with Crippen LogP contribution in [-0.4, -0.2) is 44.9 Å². The minimum atomic E-state index is -0.286. The minimum absolute atomic E-state index is 0.0871. The number of carbonyl (C=O) groups is 1. The smallest absolute Gasteiger partial charge is 0.240 e. The van der Waals surface area contributed by atoms with Gasteiger partial charge in [-0.15, -0.1) is 0 Å². The number of amides is 1. The maximum Gasteiger partial charge on any atom is 0.240 e. The summed E-state index contributed by atoms with van der Waals surface area (Å²) in [6.07, 6.45) is 0. The molecule has 5 rings (SSSR count). The predicted molar refractivity (Wildman–Crippen MR) is 145 cm³/mol. The van der Waals surface area contributed by atoms with Crippen LogP contribution in [0.15, 0.2) is 78.9 Å². The van der Waals surface area contributed by atoms with E-state index in [1.807, 2.05) is 49.2 Å². The quantitative estimate of drug-likeness (QED) is 0.361. The lowest BCUT2D eigenvalue weighted by molar-refractivity contribution is -0.137. The van der Waals surface area contributed by atoms with Crippen molar-refractivity contribution in [3.8, 4) is 11.3 Å². The molecule has 1 aliphatic rings. The van der Waals surface area contributed by atoms with Gasteiger partial charge in [-0.25, -0.2) is 9.37 Å². The van der Waals surface area contributed by atoms with Gasteiger partial charge in [0.1, 0.15) is 23.2 Å². The molecule has 2 heterocycles. The lowest BCUT2D eigenvalue weighted by Crippen LogP contribution is -2.48. The molecule has 0 spiro atoms. The van der Waals surface area contributed by atoms with E-state index in [9.17, 15) is 9.18 Å². The zero-order chi connectivity index (χ0) is 25.9. The fourth-order valence-electron chi connectivity index (χ4n) is 4.69. The van der Waals surface area contributed by atoms with Crippen LogP contribution in [0, 0.1) is 12.7 Å². The zero-order valence-corrected chi connectivity index (χ0v) is 21.5. The van der Waals surface area contributed by atoms with E-state index in [1.54, 1.807) is 12.1 Å². The van der Waals surface area contributed by atoms with Gasteiger partial charge in [0.15, 0.2) is 0 Å². The third-order valence-electron chi connectivity index (χ3n) is 7.01. The average molecular weight is 498 g/mol. The Morgan fingerprint density at radius 1 is 1.03 bits per heavy atom. The van der Waals surface area contributed by atoms with Crippen molar-refractivity contribution in [2.45, 2.75) is 39.5 Å². The molecular formula is C30H32FN5O. The second kappa shape index (κ2) is 10.6. The van der Waals surface area contributed by atoms with E-state index >= 15 is 0 Å². The second-order valence-electron chi connectivity index (χ2n) is 9.71. The summed E-state index contributed by atoms with van der Waals surface area (Å²) >= 11 is 0. The van der Waals surface area contributed by atoms with Gasteiger partial charge in [0.2, 0.25) is 5.91 Å². The molecule has 0 aliphatic carbocycles. The van der Waals surface area contributed by atoms with Crippen LogP contribution in [0.4, 0.5) is 15.9 Å². The number of rotatable bonds is 7. The highest BCUT2D eigenvalue weighted by Crippen LogP contribution is 2.33. The van der Waals surface area contributed by atoms with Gasteiger partial charge in [-0.05, 0) is 62.9 Å². The van der Waals surface area contributed by atoms with Gasteiger partial charge in [-0.3, -0.25) is 9.69 Å². The number of imidazole rings is 1. The van der Waals surface area contributed by atoms with Gasteiger partial charge in [0, 0.05) is 30.9 Å². The number of aryl methyl sites for hydroxylation is 1. The average Bonchev–Trinajstić information content (AvgIpc) is 3.27. The maximum atomic E-state index is 13.6. The van der Waals surface area contributed by atoms with Crippen molar-refractivity contribution in [2.24, 2.45) is 0 Å². The molecule has 1 aromatic heterocycles. The van der Waals surface area contributed by atoms with Gasteiger partial charge in [0.25, 0.3) is 0 Å². The van der Waals surface area contributed by atoms with E-state index in [0.717, 1.165) is 28.6 Å². The van der Waals surface area contributed by atoms with Crippen molar-refractivity contribution in [1.29, 1.82) is 0 Å². The van der Waals surface area contributed by atoms with Crippen molar-refractivity contribution >= 4 is 17.4 Å². The van der Waals surface area contributed by atoms with E-state index in [2.05, 4.69) is 46.0 Å². The highest BCUT2D eigenvalue weighted by Gasteiger charge is 2.30. The van der Waals surface area contributed by atoms with Crippen LogP contribution >= 0.6 is 0 Å². The summed E-state index contributed by atoms with van der Waals surface area (Å²) in [5, 5.41) is 3.53. The predicted octanol–water partition coefficient (Wildman–Crippen LogP) is 5.60. The second-order valence-corrected chi connectivity index (χ2v) is 9.71. The maximum absolute atomic E-state index is 13.6. The van der Waals surface area contributed by atoms with Gasteiger partial charge in [-0.2, -0.15) is 0 Å². The molecular weight excluding hydrogens is 465 g/mol. The van der Waals surface area contributed by atoms with Crippen LogP contribution in [0.3, 0.4) is 0 Å². The molecule has 0 saturated heterocycles. The standard InChI is InChI=1S/C30H32FN5O/c1-21-9-15-26(16-10-21)32-29-28(24-11-13-25(31)14-12-24)33-27-20-35(17-18-36(27)29)30(37)22(2)34(3)19-23-7-5-4-6-8-23/h4-16,22,32H,17-20H2,1-3H3. The molecule has 0 bridgehead atoms. The largest absolute Gasteiger partial charge is 0.340 e. The molecule has 7 heteroatoms. The number of benzene rings is 3. The summed E-state index contributed by atoms with van der Waals surface area (Å²) in [4.78, 5) is 22.4. The Hall–Kier alpha value is -3.97. The fraction of sp³-hybridized carbons (Fsp3) is 0.267. The Bertz CT molecular complexity index is 1370. The Balaban J connectivity index is 1.39. The van der Waals surface area contributed by atoms with E-state index in [4.69, 9.17) is 4.98 Å². The van der Waals surface area contributed by atoms with Crippen LogP contribution < -0.4 is 5.32 Å². The van der Waals surface area contributed by atoms with E-state index in [1.165, 1.54) is 23.3 Å². The van der Waals surface area contributed by atoms with Crippen LogP contribution in [0.5, 0.6) is 0 Å². The third kappa shape index (κ3) is 5.42. The molecule has 1 amide bonds. The number of carbonyl (C=O) groups excluding carboxylic acids is 1. The van der Waals surface area contributed by atoms with Crippen LogP contribution in [0.2, 0.25) is 0 Å². The first-order valence-corrected chi connectivity index (χ1v) is 12.6. The van der Waals surface area contributed by atoms with Crippen molar-refractivity contribution in [3.05, 3.63) is 102 Å². The zero-order valence-electron chi connectivity index (χ0n) is 21.5. The topological polar surface area (TPSA) is 53.4 Å². The summed E-state index contributed by atoms with van der Waals surface area (Å²) in [6.45, 7) is 6.36. The lowest BCUT2D eigenvalue weighted by Gasteiger charge is -2.33. The minimum Gasteiger partial charge on any atom is -0.340 e. The van der Waals surface area contributed by atoms with E-state index in [0.29, 0.717) is 26.2 Å². The highest BCUT2D eigenvalue weighted by molar-refractivity contribution is 5.82. The molecule has 0 fully saturated rings. The first-order valence-electron chi connectivity index (χ1n) is 12.6. The van der Waals surface area contributed by atoms with E-state index in [-0.39, 0.29) is 17.8 Å². The molecule has 3 aromatic carbocycles. The fourth-order valence-corrected chi connectivity index (χ4v) is 4.69. The van der Waals surface area contributed by atoms with Crippen LogP contribution in [-0.2, 0) is 24.4 Å². The van der Waals surface area contributed by atoms with Crippen molar-refractivity contribution in [3.63, 3.8) is 0 Å². The molecule has 190 valence electrons. The summed E-state index contributed by atoms with van der Waals surface area (Å²) in [5.41, 5.74) is 4.88. The Morgan fingerprint density at radius 3 is 2.43 bits per heavy atom. The molecule has 0 radical (unpaired) electrons. The number of anilines is 2. The van der Waals surface area contributed by atoms with Crippen molar-refractivity contribution < 1.29 is 9.18 Å².